The first-order valence-electron chi connectivity index (χ1n) is 5.99. The summed E-state index contributed by atoms with van der Waals surface area (Å²) >= 11 is 5.27. The van der Waals surface area contributed by atoms with Gasteiger partial charge in [0.2, 0.25) is 0 Å². The summed E-state index contributed by atoms with van der Waals surface area (Å²) in [7, 11) is 0. The van der Waals surface area contributed by atoms with Crippen molar-refractivity contribution in [2.24, 2.45) is 0 Å². The van der Waals surface area contributed by atoms with E-state index in [2.05, 4.69) is 27.5 Å². The number of nitrogen functional groups attached to an aromatic ring is 1. The molecular weight excluding hydrogens is 312 g/mol. The zero-order valence-electron chi connectivity index (χ0n) is 10.3. The molecule has 0 spiro atoms. The number of hydrogen-bond acceptors (Lipinski definition) is 3. The third-order valence-electron chi connectivity index (χ3n) is 3.29. The van der Waals surface area contributed by atoms with Crippen molar-refractivity contribution < 1.29 is 4.79 Å². The first-order chi connectivity index (χ1) is 8.60. The summed E-state index contributed by atoms with van der Waals surface area (Å²) in [6.07, 6.45) is 5.44. The van der Waals surface area contributed by atoms with Crippen LogP contribution in [0.2, 0.25) is 0 Å². The summed E-state index contributed by atoms with van der Waals surface area (Å²) in [5.41, 5.74) is 6.93. The SMILES string of the molecule is CSC1CCC(NC(=O)c2cc(N)ccc2Br)C1. The van der Waals surface area contributed by atoms with Gasteiger partial charge in [0.15, 0.2) is 0 Å². The Labute approximate surface area is 120 Å². The summed E-state index contributed by atoms with van der Waals surface area (Å²) < 4.78 is 0.786. The van der Waals surface area contributed by atoms with Gasteiger partial charge in [-0.25, -0.2) is 0 Å². The molecule has 3 N–H and O–H groups in total. The van der Waals surface area contributed by atoms with Crippen molar-refractivity contribution in [3.8, 4) is 0 Å². The zero-order valence-corrected chi connectivity index (χ0v) is 12.7. The summed E-state index contributed by atoms with van der Waals surface area (Å²) in [6.45, 7) is 0. The third-order valence-corrected chi connectivity index (χ3v) is 5.07. The molecule has 3 nitrogen and oxygen atoms in total. The summed E-state index contributed by atoms with van der Waals surface area (Å²) in [4.78, 5) is 12.2. The molecule has 98 valence electrons. The number of nitrogens with one attached hydrogen (secondary N) is 1. The number of benzene rings is 1. The summed E-state index contributed by atoms with van der Waals surface area (Å²) in [6, 6.07) is 5.59. The van der Waals surface area contributed by atoms with Crippen LogP contribution < -0.4 is 11.1 Å². The molecule has 0 heterocycles. The highest BCUT2D eigenvalue weighted by Gasteiger charge is 2.25. The second-order valence-electron chi connectivity index (χ2n) is 4.58. The van der Waals surface area contributed by atoms with Crippen LogP contribution >= 0.6 is 27.7 Å². The maximum atomic E-state index is 12.2. The molecule has 1 aliphatic rings. The molecule has 1 aromatic rings. The van der Waals surface area contributed by atoms with Crippen molar-refractivity contribution in [3.05, 3.63) is 28.2 Å². The number of nitrogens with two attached hydrogens (primary N) is 1. The van der Waals surface area contributed by atoms with Crippen molar-refractivity contribution in [2.75, 3.05) is 12.0 Å². The van der Waals surface area contributed by atoms with Crippen LogP contribution in [0.1, 0.15) is 29.6 Å². The molecule has 5 heteroatoms. The fraction of sp³-hybridized carbons (Fsp3) is 0.462. The van der Waals surface area contributed by atoms with Crippen molar-refractivity contribution in [1.82, 2.24) is 5.32 Å². The lowest BCUT2D eigenvalue weighted by atomic mass is 10.1. The van der Waals surface area contributed by atoms with Gasteiger partial charge in [0, 0.05) is 21.5 Å². The number of carbonyl (C=O) groups is 1. The molecule has 0 aromatic heterocycles. The standard InChI is InChI=1S/C13H17BrN2OS/c1-18-10-4-3-9(7-10)16-13(17)11-6-8(15)2-5-12(11)14/h2,5-6,9-10H,3-4,7,15H2,1H3,(H,16,17). The van der Waals surface area contributed by atoms with Crippen molar-refractivity contribution in [1.29, 1.82) is 0 Å². The first-order valence-corrected chi connectivity index (χ1v) is 8.07. The molecule has 18 heavy (non-hydrogen) atoms. The van der Waals surface area contributed by atoms with E-state index in [4.69, 9.17) is 5.73 Å². The van der Waals surface area contributed by atoms with Crippen LogP contribution in [0.15, 0.2) is 22.7 Å². The van der Waals surface area contributed by atoms with Gasteiger partial charge in [-0.3, -0.25) is 4.79 Å². The monoisotopic (exact) mass is 328 g/mol. The first kappa shape index (κ1) is 13.7. The van der Waals surface area contributed by atoms with E-state index in [9.17, 15) is 4.79 Å². The zero-order chi connectivity index (χ0) is 13.1. The van der Waals surface area contributed by atoms with E-state index in [1.54, 1.807) is 12.1 Å². The molecule has 1 aliphatic carbocycles. The second kappa shape index (κ2) is 5.97. The fourth-order valence-corrected chi connectivity index (χ4v) is 3.49. The summed E-state index contributed by atoms with van der Waals surface area (Å²) in [5.74, 6) is -0.0408. The highest BCUT2D eigenvalue weighted by atomic mass is 79.9. The highest BCUT2D eigenvalue weighted by Crippen LogP contribution is 2.28. The normalized spacial score (nSPS) is 23.0. The van der Waals surface area contributed by atoms with Gasteiger partial charge >= 0.3 is 0 Å². The minimum Gasteiger partial charge on any atom is -0.399 e. The lowest BCUT2D eigenvalue weighted by Gasteiger charge is -2.14. The Bertz CT molecular complexity index is 453. The average molecular weight is 329 g/mol. The Balaban J connectivity index is 2.02. The van der Waals surface area contributed by atoms with E-state index in [-0.39, 0.29) is 5.91 Å². The van der Waals surface area contributed by atoms with Gasteiger partial charge in [-0.1, -0.05) is 0 Å². The lowest BCUT2D eigenvalue weighted by Crippen LogP contribution is -2.33. The van der Waals surface area contributed by atoms with Crippen LogP contribution in [0.4, 0.5) is 5.69 Å². The third kappa shape index (κ3) is 3.20. The van der Waals surface area contributed by atoms with Crippen molar-refractivity contribution in [3.63, 3.8) is 0 Å². The van der Waals surface area contributed by atoms with Crippen LogP contribution in [0.5, 0.6) is 0 Å². The quantitative estimate of drug-likeness (QED) is 0.838. The fourth-order valence-electron chi connectivity index (χ4n) is 2.27. The Morgan fingerprint density at radius 2 is 2.28 bits per heavy atom. The largest absolute Gasteiger partial charge is 0.399 e. The molecule has 1 saturated carbocycles. The van der Waals surface area contributed by atoms with Crippen LogP contribution in [0.3, 0.4) is 0 Å². The average Bonchev–Trinajstić information content (AvgIpc) is 2.80. The maximum absolute atomic E-state index is 12.2. The van der Waals surface area contributed by atoms with Crippen molar-refractivity contribution >= 4 is 39.3 Å². The lowest BCUT2D eigenvalue weighted by molar-refractivity contribution is 0.0937. The van der Waals surface area contributed by atoms with E-state index >= 15 is 0 Å². The van der Waals surface area contributed by atoms with Crippen LogP contribution in [0, 0.1) is 0 Å². The molecule has 0 saturated heterocycles. The van der Waals surface area contributed by atoms with E-state index in [1.807, 2.05) is 17.8 Å². The van der Waals surface area contributed by atoms with Gasteiger partial charge in [-0.2, -0.15) is 11.8 Å². The van der Waals surface area contributed by atoms with Gasteiger partial charge in [0.05, 0.1) is 5.56 Å². The Morgan fingerprint density at radius 1 is 1.50 bits per heavy atom. The minimum atomic E-state index is -0.0408. The topological polar surface area (TPSA) is 55.1 Å². The van der Waals surface area contributed by atoms with Gasteiger partial charge in [0.25, 0.3) is 5.91 Å². The minimum absolute atomic E-state index is 0.0408. The maximum Gasteiger partial charge on any atom is 0.252 e. The molecule has 1 fully saturated rings. The van der Waals surface area contributed by atoms with Gasteiger partial charge < -0.3 is 11.1 Å². The number of anilines is 1. The molecule has 0 radical (unpaired) electrons. The number of thioether (sulfide) groups is 1. The number of carbonyl (C=O) groups excluding carboxylic acids is 1. The Morgan fingerprint density at radius 3 is 2.94 bits per heavy atom. The number of rotatable bonds is 3. The number of halogens is 1. The molecule has 2 rings (SSSR count). The molecule has 2 atom stereocenters. The van der Waals surface area contributed by atoms with Gasteiger partial charge in [-0.15, -0.1) is 0 Å². The second-order valence-corrected chi connectivity index (χ2v) is 6.57. The molecule has 0 aliphatic heterocycles. The number of amides is 1. The predicted molar refractivity (Wildman–Crippen MR) is 81.0 cm³/mol. The molecular formula is C13H17BrN2OS. The van der Waals surface area contributed by atoms with Gasteiger partial charge in [-0.05, 0) is 59.6 Å². The van der Waals surface area contributed by atoms with E-state index in [0.29, 0.717) is 22.5 Å². The Kier molecular flexibility index (Phi) is 4.56. The smallest absolute Gasteiger partial charge is 0.252 e. The van der Waals surface area contributed by atoms with E-state index in [0.717, 1.165) is 17.3 Å². The van der Waals surface area contributed by atoms with Gasteiger partial charge in [0.1, 0.15) is 0 Å². The van der Waals surface area contributed by atoms with Crippen LogP contribution in [-0.4, -0.2) is 23.5 Å². The number of hydrogen-bond donors (Lipinski definition) is 2. The summed E-state index contributed by atoms with van der Waals surface area (Å²) in [5, 5.41) is 3.77. The predicted octanol–water partition coefficient (Wildman–Crippen LogP) is 3.05. The molecule has 2 unspecified atom stereocenters. The molecule has 1 aromatic carbocycles. The highest BCUT2D eigenvalue weighted by molar-refractivity contribution is 9.10. The van der Waals surface area contributed by atoms with E-state index in [1.165, 1.54) is 6.42 Å². The van der Waals surface area contributed by atoms with Crippen LogP contribution in [0.25, 0.3) is 0 Å². The molecule has 1 amide bonds. The Hall–Kier alpha value is -0.680. The van der Waals surface area contributed by atoms with Crippen molar-refractivity contribution in [2.45, 2.75) is 30.6 Å². The van der Waals surface area contributed by atoms with Crippen LogP contribution in [-0.2, 0) is 0 Å². The molecule has 0 bridgehead atoms. The van der Waals surface area contributed by atoms with E-state index < -0.39 is 0 Å².